The average Bonchev–Trinajstić information content (AvgIpc) is 3.45. The molecule has 0 saturated heterocycles. The number of amides is 1. The molecule has 1 heterocycles. The van der Waals surface area contributed by atoms with Gasteiger partial charge in [0.05, 0.1) is 32.6 Å². The monoisotopic (exact) mass is 477 g/mol. The van der Waals surface area contributed by atoms with Crippen molar-refractivity contribution in [1.29, 1.82) is 0 Å². The molecule has 2 N–H and O–H groups in total. The first kappa shape index (κ1) is 20.3. The fourth-order valence-electron chi connectivity index (χ4n) is 4.08. The zero-order valence-electron chi connectivity index (χ0n) is 15.9. The highest BCUT2D eigenvalue weighted by Crippen LogP contribution is 2.58. The summed E-state index contributed by atoms with van der Waals surface area (Å²) >= 11 is 19.4. The number of benzene rings is 2. The van der Waals surface area contributed by atoms with Crippen LogP contribution < -0.4 is 15.5 Å². The Bertz CT molecular complexity index is 1210. The zero-order valence-corrected chi connectivity index (χ0v) is 18.1. The number of amidine groups is 1. The normalized spacial score (nSPS) is 19.0. The molecular weight excluding hydrogens is 465 g/mol. The van der Waals surface area contributed by atoms with E-state index in [1.54, 1.807) is 6.07 Å². The Balaban J connectivity index is 1.50. The number of carbonyl (C=O) groups is 3. The second-order valence-corrected chi connectivity index (χ2v) is 8.92. The summed E-state index contributed by atoms with van der Waals surface area (Å²) in [5, 5.41) is 5.37. The minimum Gasteiger partial charge on any atom is -0.453 e. The number of fused-ring (bicyclic) bond motifs is 2. The van der Waals surface area contributed by atoms with Crippen LogP contribution >= 0.6 is 34.8 Å². The van der Waals surface area contributed by atoms with Gasteiger partial charge in [0.2, 0.25) is 5.78 Å². The number of hydrazone groups is 1. The summed E-state index contributed by atoms with van der Waals surface area (Å²) in [6, 6.07) is 6.38. The van der Waals surface area contributed by atoms with Gasteiger partial charge in [-0.05, 0) is 42.2 Å². The van der Waals surface area contributed by atoms with Crippen LogP contribution in [0, 0.1) is 0 Å². The van der Waals surface area contributed by atoms with Crippen molar-refractivity contribution in [2.24, 2.45) is 10.8 Å². The number of ketones is 2. The molecule has 0 atom stereocenters. The van der Waals surface area contributed by atoms with Crippen molar-refractivity contribution >= 4 is 63.8 Å². The van der Waals surface area contributed by atoms with E-state index in [1.165, 1.54) is 12.1 Å². The van der Waals surface area contributed by atoms with Gasteiger partial charge in [-0.3, -0.25) is 14.4 Å². The smallest absolute Gasteiger partial charge is 0.255 e. The Morgan fingerprint density at radius 1 is 1.03 bits per heavy atom. The second kappa shape index (κ2) is 6.95. The Hall–Kier alpha value is -2.61. The van der Waals surface area contributed by atoms with Gasteiger partial charge in [-0.1, -0.05) is 40.9 Å². The number of hydrogen-bond acceptors (Lipinski definition) is 6. The molecule has 1 spiro atoms. The third kappa shape index (κ3) is 3.11. The lowest BCUT2D eigenvalue weighted by atomic mass is 9.97. The number of carbonyl (C=O) groups excluding carboxylic acids is 3. The van der Waals surface area contributed by atoms with Crippen molar-refractivity contribution in [2.75, 3.05) is 5.01 Å². The first-order chi connectivity index (χ1) is 14.7. The summed E-state index contributed by atoms with van der Waals surface area (Å²) in [6.07, 6.45) is 1.55. The molecule has 10 heteroatoms. The first-order valence-corrected chi connectivity index (χ1v) is 10.6. The van der Waals surface area contributed by atoms with Crippen LogP contribution in [-0.2, 0) is 26.2 Å². The number of ether oxygens (including phenoxy) is 1. The highest BCUT2D eigenvalue weighted by molar-refractivity contribution is 6.44. The Morgan fingerprint density at radius 2 is 1.71 bits per heavy atom. The Kier molecular flexibility index (Phi) is 4.55. The van der Waals surface area contributed by atoms with Crippen LogP contribution in [0.4, 0.5) is 5.69 Å². The lowest BCUT2D eigenvalue weighted by molar-refractivity contribution is -0.124. The van der Waals surface area contributed by atoms with Crippen LogP contribution in [-0.4, -0.2) is 23.3 Å². The quantitative estimate of drug-likeness (QED) is 0.667. The van der Waals surface area contributed by atoms with E-state index in [9.17, 15) is 14.4 Å². The number of anilines is 1. The summed E-state index contributed by atoms with van der Waals surface area (Å²) in [5.74, 6) is -0.717. The van der Waals surface area contributed by atoms with Crippen molar-refractivity contribution in [1.82, 2.24) is 0 Å². The molecule has 2 aromatic carbocycles. The summed E-state index contributed by atoms with van der Waals surface area (Å²) in [4.78, 5) is 36.1. The second-order valence-electron chi connectivity index (χ2n) is 7.73. The van der Waals surface area contributed by atoms with E-state index >= 15 is 0 Å². The van der Waals surface area contributed by atoms with Crippen molar-refractivity contribution in [3.8, 4) is 11.5 Å². The molecule has 7 nitrogen and oxygen atoms in total. The first-order valence-electron chi connectivity index (χ1n) is 9.43. The van der Waals surface area contributed by atoms with Gasteiger partial charge in [0.15, 0.2) is 11.6 Å². The van der Waals surface area contributed by atoms with Crippen molar-refractivity contribution < 1.29 is 19.1 Å². The molecule has 3 aliphatic rings. The van der Waals surface area contributed by atoms with E-state index in [1.807, 2.05) is 6.07 Å². The Labute approximate surface area is 191 Å². The number of halogens is 3. The Morgan fingerprint density at radius 3 is 2.35 bits per heavy atom. The van der Waals surface area contributed by atoms with Gasteiger partial charge in [0.1, 0.15) is 11.5 Å². The predicted octanol–water partition coefficient (Wildman–Crippen LogP) is 4.17. The maximum atomic E-state index is 12.4. The summed E-state index contributed by atoms with van der Waals surface area (Å²) < 4.78 is 5.93. The number of hydrogen-bond donors (Lipinski definition) is 1. The molecule has 31 heavy (non-hydrogen) atoms. The van der Waals surface area contributed by atoms with Crippen molar-refractivity contribution in [2.45, 2.75) is 31.1 Å². The van der Waals surface area contributed by atoms with E-state index in [0.29, 0.717) is 17.2 Å². The molecule has 0 bridgehead atoms. The molecule has 5 rings (SSSR count). The number of Topliss-reactive ketones (excluding diaryl/α,β-unsaturated/α-hetero) is 2. The fourth-order valence-corrected chi connectivity index (χ4v) is 5.03. The molecule has 1 saturated carbocycles. The number of rotatable bonds is 3. The molecule has 0 radical (unpaired) electrons. The molecule has 0 aromatic heterocycles. The van der Waals surface area contributed by atoms with Crippen LogP contribution in [0.5, 0.6) is 11.5 Å². The maximum Gasteiger partial charge on any atom is 0.255 e. The van der Waals surface area contributed by atoms with Gasteiger partial charge in [-0.25, -0.2) is 0 Å². The van der Waals surface area contributed by atoms with Crippen molar-refractivity contribution in [3.05, 3.63) is 50.5 Å². The van der Waals surface area contributed by atoms with Gasteiger partial charge in [-0.2, -0.15) is 5.01 Å². The lowest BCUT2D eigenvalue weighted by Crippen LogP contribution is -2.40. The largest absolute Gasteiger partial charge is 0.453 e. The van der Waals surface area contributed by atoms with Crippen molar-refractivity contribution in [3.63, 3.8) is 0 Å². The van der Waals surface area contributed by atoms with Crippen LogP contribution in [0.15, 0.2) is 29.4 Å². The molecule has 1 fully saturated rings. The molecule has 0 unspecified atom stereocenters. The van der Waals surface area contributed by atoms with Crippen LogP contribution in [0.3, 0.4) is 0 Å². The SMILES string of the molecule is NC1=NN(c2cc(Cl)c(Oc3ccc4c(c3Cl)C3(CC3)C(=O)C4)c(Cl)c2)C(=O)CC1=O. The minimum absolute atomic E-state index is 0.106. The predicted molar refractivity (Wildman–Crippen MR) is 116 cm³/mol. The number of nitrogens with two attached hydrogens (primary N) is 1. The molecule has 158 valence electrons. The topological polar surface area (TPSA) is 102 Å². The molecule has 2 aromatic rings. The van der Waals surface area contributed by atoms with E-state index in [4.69, 9.17) is 45.3 Å². The van der Waals surface area contributed by atoms with Gasteiger partial charge in [-0.15, -0.1) is 5.10 Å². The third-order valence-electron chi connectivity index (χ3n) is 5.79. The van der Waals surface area contributed by atoms with Crippen LogP contribution in [0.25, 0.3) is 0 Å². The molecule has 1 aliphatic heterocycles. The van der Waals surface area contributed by atoms with Gasteiger partial charge in [0, 0.05) is 6.42 Å². The van der Waals surface area contributed by atoms with Crippen LogP contribution in [0.1, 0.15) is 30.4 Å². The summed E-state index contributed by atoms with van der Waals surface area (Å²) in [6.45, 7) is 0. The zero-order chi connectivity index (χ0) is 22.1. The molecular formula is C21H14Cl3N3O4. The van der Waals surface area contributed by atoms with E-state index in [-0.39, 0.29) is 33.1 Å². The number of nitrogens with zero attached hydrogens (tertiary/aromatic N) is 2. The van der Waals surface area contributed by atoms with Crippen LogP contribution in [0.2, 0.25) is 15.1 Å². The highest BCUT2D eigenvalue weighted by atomic mass is 35.5. The summed E-state index contributed by atoms with van der Waals surface area (Å²) in [7, 11) is 0. The molecule has 1 amide bonds. The summed E-state index contributed by atoms with van der Waals surface area (Å²) in [5.41, 5.74) is 7.06. The third-order valence-corrected chi connectivity index (χ3v) is 6.72. The highest BCUT2D eigenvalue weighted by Gasteiger charge is 2.56. The van der Waals surface area contributed by atoms with E-state index in [2.05, 4.69) is 5.10 Å². The molecule has 2 aliphatic carbocycles. The maximum absolute atomic E-state index is 12.4. The average molecular weight is 479 g/mol. The lowest BCUT2D eigenvalue weighted by Gasteiger charge is -2.22. The van der Waals surface area contributed by atoms with E-state index in [0.717, 1.165) is 29.0 Å². The van der Waals surface area contributed by atoms with Gasteiger partial charge in [0.25, 0.3) is 5.91 Å². The van der Waals surface area contributed by atoms with E-state index < -0.39 is 23.5 Å². The fraction of sp³-hybridized carbons (Fsp3) is 0.238. The minimum atomic E-state index is -0.555. The standard InChI is InChI=1S/C21H14Cl3N3O4/c22-11-6-10(27-16(30)8-13(28)20(25)26-27)7-12(23)19(11)31-14-2-1-9-5-15(29)21(3-4-21)17(9)18(14)24/h1-2,6-7H,3-5,8H2,(H2,25,26). The van der Waals surface area contributed by atoms with Gasteiger partial charge >= 0.3 is 0 Å². The van der Waals surface area contributed by atoms with Gasteiger partial charge < -0.3 is 10.5 Å².